The molecule has 0 bridgehead atoms. The minimum atomic E-state index is -0.518. The van der Waals surface area contributed by atoms with Crippen LogP contribution in [0, 0.1) is 18.3 Å². The lowest BCUT2D eigenvalue weighted by atomic mass is 10.1. The van der Waals surface area contributed by atoms with Gasteiger partial charge in [0.05, 0.1) is 11.6 Å². The zero-order valence-electron chi connectivity index (χ0n) is 10.1. The largest absolute Gasteiger partial charge is 0.386 e. The molecule has 0 saturated heterocycles. The predicted molar refractivity (Wildman–Crippen MR) is 73.7 cm³/mol. The molecule has 18 heavy (non-hydrogen) atoms. The van der Waals surface area contributed by atoms with Crippen LogP contribution in [0.5, 0.6) is 0 Å². The van der Waals surface area contributed by atoms with Gasteiger partial charge in [-0.2, -0.15) is 5.26 Å². The zero-order valence-corrected chi connectivity index (χ0v) is 10.9. The molecule has 1 aromatic carbocycles. The minimum Gasteiger partial charge on any atom is -0.386 e. The Morgan fingerprint density at radius 2 is 2.28 bits per heavy atom. The van der Waals surface area contributed by atoms with E-state index in [-0.39, 0.29) is 0 Å². The molecule has 1 atom stereocenters. The number of aryl methyl sites for hydroxylation is 1. The van der Waals surface area contributed by atoms with Crippen molar-refractivity contribution in [1.29, 1.82) is 5.26 Å². The molecular weight excluding hydrogens is 244 g/mol. The molecule has 1 unspecified atom stereocenters. The summed E-state index contributed by atoms with van der Waals surface area (Å²) in [5.41, 5.74) is 2.57. The summed E-state index contributed by atoms with van der Waals surface area (Å²) in [5, 5.41) is 24.0. The Balaban J connectivity index is 2.04. The maximum Gasteiger partial charge on any atom is 0.105 e. The molecule has 92 valence electrons. The van der Waals surface area contributed by atoms with Gasteiger partial charge in [0.1, 0.15) is 6.10 Å². The van der Waals surface area contributed by atoms with Gasteiger partial charge in [0.15, 0.2) is 0 Å². The Labute approximate surface area is 110 Å². The Kier molecular flexibility index (Phi) is 3.98. The molecule has 0 fully saturated rings. The monoisotopic (exact) mass is 258 g/mol. The van der Waals surface area contributed by atoms with Crippen LogP contribution in [0.2, 0.25) is 0 Å². The number of thiophene rings is 1. The lowest BCUT2D eigenvalue weighted by Gasteiger charge is -2.13. The van der Waals surface area contributed by atoms with Crippen molar-refractivity contribution in [3.8, 4) is 6.07 Å². The van der Waals surface area contributed by atoms with Crippen LogP contribution in [-0.2, 0) is 0 Å². The summed E-state index contributed by atoms with van der Waals surface area (Å²) in [6, 6.07) is 11.4. The van der Waals surface area contributed by atoms with Crippen molar-refractivity contribution in [2.24, 2.45) is 0 Å². The summed E-state index contributed by atoms with van der Waals surface area (Å²) in [7, 11) is 0. The second-order valence-corrected chi connectivity index (χ2v) is 5.03. The quantitative estimate of drug-likeness (QED) is 0.886. The van der Waals surface area contributed by atoms with Gasteiger partial charge in [-0.25, -0.2) is 0 Å². The maximum absolute atomic E-state index is 9.97. The van der Waals surface area contributed by atoms with Gasteiger partial charge in [-0.3, -0.25) is 0 Å². The van der Waals surface area contributed by atoms with Crippen LogP contribution < -0.4 is 5.32 Å². The zero-order chi connectivity index (χ0) is 13.0. The van der Waals surface area contributed by atoms with E-state index in [2.05, 4.69) is 11.4 Å². The summed E-state index contributed by atoms with van der Waals surface area (Å²) in [6.07, 6.45) is -0.518. The van der Waals surface area contributed by atoms with Crippen LogP contribution in [0.15, 0.2) is 35.7 Å². The predicted octanol–water partition coefficient (Wildman–Crippen LogP) is 3.07. The number of rotatable bonds is 4. The van der Waals surface area contributed by atoms with E-state index in [1.54, 1.807) is 12.1 Å². The van der Waals surface area contributed by atoms with Gasteiger partial charge in [-0.05, 0) is 36.1 Å². The third-order valence-electron chi connectivity index (χ3n) is 2.72. The molecule has 0 aliphatic rings. The second kappa shape index (κ2) is 5.67. The Morgan fingerprint density at radius 3 is 2.94 bits per heavy atom. The van der Waals surface area contributed by atoms with Crippen molar-refractivity contribution in [2.45, 2.75) is 13.0 Å². The van der Waals surface area contributed by atoms with Crippen LogP contribution in [0.25, 0.3) is 0 Å². The number of aliphatic hydroxyl groups is 1. The van der Waals surface area contributed by atoms with Gasteiger partial charge in [0.2, 0.25) is 0 Å². The third kappa shape index (κ3) is 2.89. The van der Waals surface area contributed by atoms with E-state index in [4.69, 9.17) is 5.26 Å². The van der Waals surface area contributed by atoms with E-state index in [1.165, 1.54) is 11.3 Å². The normalized spacial score (nSPS) is 11.8. The number of nitrogens with zero attached hydrogens (tertiary/aromatic N) is 1. The van der Waals surface area contributed by atoms with E-state index < -0.39 is 6.10 Å². The highest BCUT2D eigenvalue weighted by Crippen LogP contribution is 2.21. The summed E-state index contributed by atoms with van der Waals surface area (Å²) in [5.74, 6) is 0. The van der Waals surface area contributed by atoms with Gasteiger partial charge in [-0.15, -0.1) is 11.3 Å². The molecule has 4 heteroatoms. The van der Waals surface area contributed by atoms with Gasteiger partial charge in [0, 0.05) is 17.1 Å². The molecule has 2 rings (SSSR count). The molecule has 3 nitrogen and oxygen atoms in total. The van der Waals surface area contributed by atoms with Gasteiger partial charge in [-0.1, -0.05) is 12.1 Å². The number of benzene rings is 1. The SMILES string of the molecule is Cc1ccc(C#N)cc1NCC(O)c1cccs1. The molecule has 0 saturated carbocycles. The lowest BCUT2D eigenvalue weighted by Crippen LogP contribution is -2.11. The fraction of sp³-hybridized carbons (Fsp3) is 0.214. The molecule has 2 N–H and O–H groups in total. The van der Waals surface area contributed by atoms with E-state index in [9.17, 15) is 5.11 Å². The molecule has 0 spiro atoms. The van der Waals surface area contributed by atoms with Crippen molar-refractivity contribution in [2.75, 3.05) is 11.9 Å². The first-order valence-corrected chi connectivity index (χ1v) is 6.55. The molecule has 1 heterocycles. The van der Waals surface area contributed by atoms with Gasteiger partial charge >= 0.3 is 0 Å². The summed E-state index contributed by atoms with van der Waals surface area (Å²) >= 11 is 1.54. The molecule has 2 aromatic rings. The van der Waals surface area contributed by atoms with Crippen LogP contribution in [0.1, 0.15) is 22.1 Å². The average Bonchev–Trinajstić information content (AvgIpc) is 2.91. The van der Waals surface area contributed by atoms with Crippen LogP contribution in [0.3, 0.4) is 0 Å². The summed E-state index contributed by atoms with van der Waals surface area (Å²) in [4.78, 5) is 0.941. The molecule has 0 radical (unpaired) electrons. The van der Waals surface area contributed by atoms with Gasteiger partial charge < -0.3 is 10.4 Å². The number of nitrogens with one attached hydrogen (secondary N) is 1. The topological polar surface area (TPSA) is 56.0 Å². The first-order chi connectivity index (χ1) is 8.70. The molecule has 0 aliphatic heterocycles. The standard InChI is InChI=1S/C14H14N2OS/c1-10-4-5-11(8-15)7-12(10)16-9-13(17)14-3-2-6-18-14/h2-7,13,16-17H,9H2,1H3. The highest BCUT2D eigenvalue weighted by Gasteiger charge is 2.08. The van der Waals surface area contributed by atoms with Crippen molar-refractivity contribution < 1.29 is 5.11 Å². The second-order valence-electron chi connectivity index (χ2n) is 4.05. The molecule has 0 amide bonds. The third-order valence-corrected chi connectivity index (χ3v) is 3.70. The Hall–Kier alpha value is -1.83. The molecule has 0 aliphatic carbocycles. The number of aliphatic hydroxyl groups excluding tert-OH is 1. The minimum absolute atomic E-state index is 0.441. The van der Waals surface area contributed by atoms with E-state index in [1.807, 2.05) is 30.5 Å². The highest BCUT2D eigenvalue weighted by atomic mass is 32.1. The van der Waals surface area contributed by atoms with E-state index in [0.29, 0.717) is 12.1 Å². The van der Waals surface area contributed by atoms with Crippen LogP contribution in [-0.4, -0.2) is 11.7 Å². The maximum atomic E-state index is 9.97. The average molecular weight is 258 g/mol. The first kappa shape index (κ1) is 12.6. The highest BCUT2D eigenvalue weighted by molar-refractivity contribution is 7.10. The molecular formula is C14H14N2OS. The van der Waals surface area contributed by atoms with E-state index >= 15 is 0 Å². The van der Waals surface area contributed by atoms with Crippen molar-refractivity contribution in [3.05, 3.63) is 51.7 Å². The Bertz CT molecular complexity index is 558. The fourth-order valence-corrected chi connectivity index (χ4v) is 2.38. The lowest BCUT2D eigenvalue weighted by molar-refractivity contribution is 0.195. The fourth-order valence-electron chi connectivity index (χ4n) is 1.67. The van der Waals surface area contributed by atoms with E-state index in [0.717, 1.165) is 16.1 Å². The smallest absolute Gasteiger partial charge is 0.105 e. The number of hydrogen-bond donors (Lipinski definition) is 2. The van der Waals surface area contributed by atoms with Crippen molar-refractivity contribution >= 4 is 17.0 Å². The summed E-state index contributed by atoms with van der Waals surface area (Å²) in [6.45, 7) is 2.41. The van der Waals surface area contributed by atoms with Gasteiger partial charge in [0.25, 0.3) is 0 Å². The number of nitriles is 1. The van der Waals surface area contributed by atoms with Crippen molar-refractivity contribution in [3.63, 3.8) is 0 Å². The van der Waals surface area contributed by atoms with Crippen molar-refractivity contribution in [1.82, 2.24) is 0 Å². The summed E-state index contributed by atoms with van der Waals surface area (Å²) < 4.78 is 0. The number of hydrogen-bond acceptors (Lipinski definition) is 4. The Morgan fingerprint density at radius 1 is 1.44 bits per heavy atom. The van der Waals surface area contributed by atoms with Crippen LogP contribution >= 0.6 is 11.3 Å². The molecule has 1 aromatic heterocycles. The first-order valence-electron chi connectivity index (χ1n) is 5.67. The van der Waals surface area contributed by atoms with Crippen LogP contribution in [0.4, 0.5) is 5.69 Å². The number of anilines is 1.